The number of allylic oxidation sites excluding steroid dienone is 2. The Labute approximate surface area is 160 Å². The molecule has 7 heteroatoms. The van der Waals surface area contributed by atoms with Crippen molar-refractivity contribution < 1.29 is 0 Å². The largest absolute Gasteiger partial charge is 0.244 e. The third-order valence-electron chi connectivity index (χ3n) is 3.84. The molecule has 0 saturated heterocycles. The first-order valence-electron chi connectivity index (χ1n) is 7.79. The Kier molecular flexibility index (Phi) is 4.32. The Hall–Kier alpha value is -2.89. The third-order valence-corrected chi connectivity index (χ3v) is 4.28. The number of aromatic nitrogens is 3. The SMILES string of the molecule is C=C1C=CN(c2ccnc(Cl)c2)N=C1c1ccnn1-c1cccc(Cl)c1. The van der Waals surface area contributed by atoms with Gasteiger partial charge in [-0.25, -0.2) is 14.7 Å². The Balaban J connectivity index is 1.78. The minimum absolute atomic E-state index is 0.404. The Morgan fingerprint density at radius 2 is 1.85 bits per heavy atom. The molecule has 3 heterocycles. The van der Waals surface area contributed by atoms with E-state index in [0.29, 0.717) is 15.9 Å². The van der Waals surface area contributed by atoms with Crippen molar-refractivity contribution in [2.24, 2.45) is 5.10 Å². The van der Waals surface area contributed by atoms with Gasteiger partial charge in [-0.3, -0.25) is 0 Å². The van der Waals surface area contributed by atoms with Crippen LogP contribution in [0.5, 0.6) is 0 Å². The highest BCUT2D eigenvalue weighted by atomic mass is 35.5. The molecule has 0 unspecified atom stereocenters. The lowest BCUT2D eigenvalue weighted by Crippen LogP contribution is -2.21. The van der Waals surface area contributed by atoms with Crippen LogP contribution in [0.15, 0.2) is 84.4 Å². The van der Waals surface area contributed by atoms with Crippen LogP contribution in [0.4, 0.5) is 5.69 Å². The molecule has 0 N–H and O–H groups in total. The third kappa shape index (κ3) is 3.14. The van der Waals surface area contributed by atoms with Crippen LogP contribution in [-0.4, -0.2) is 20.5 Å². The van der Waals surface area contributed by atoms with E-state index in [1.807, 2.05) is 48.7 Å². The number of hydrogen-bond donors (Lipinski definition) is 0. The molecular formula is C19H13Cl2N5. The smallest absolute Gasteiger partial charge is 0.131 e. The molecule has 26 heavy (non-hydrogen) atoms. The molecule has 0 amide bonds. The van der Waals surface area contributed by atoms with Crippen molar-refractivity contribution in [3.05, 3.63) is 95.2 Å². The number of hydrazone groups is 1. The van der Waals surface area contributed by atoms with E-state index in [9.17, 15) is 0 Å². The zero-order chi connectivity index (χ0) is 18.1. The molecule has 1 aliphatic heterocycles. The monoisotopic (exact) mass is 381 g/mol. The molecule has 1 aliphatic rings. The molecule has 4 rings (SSSR count). The first-order valence-corrected chi connectivity index (χ1v) is 8.54. The number of benzene rings is 1. The normalized spacial score (nSPS) is 13.8. The summed E-state index contributed by atoms with van der Waals surface area (Å²) in [6, 6.07) is 13.0. The second-order valence-corrected chi connectivity index (χ2v) is 6.40. The van der Waals surface area contributed by atoms with Crippen LogP contribution in [0, 0.1) is 0 Å². The average Bonchev–Trinajstić information content (AvgIpc) is 3.12. The van der Waals surface area contributed by atoms with E-state index in [-0.39, 0.29) is 0 Å². The summed E-state index contributed by atoms with van der Waals surface area (Å²) < 4.78 is 1.78. The molecule has 0 spiro atoms. The fourth-order valence-electron chi connectivity index (χ4n) is 2.64. The minimum atomic E-state index is 0.404. The number of nitrogens with zero attached hydrogens (tertiary/aromatic N) is 5. The molecule has 2 aromatic heterocycles. The molecule has 0 fully saturated rings. The maximum Gasteiger partial charge on any atom is 0.131 e. The van der Waals surface area contributed by atoms with Gasteiger partial charge in [-0.05, 0) is 42.0 Å². The highest BCUT2D eigenvalue weighted by Crippen LogP contribution is 2.25. The summed E-state index contributed by atoms with van der Waals surface area (Å²) in [5, 5.41) is 11.9. The van der Waals surface area contributed by atoms with Gasteiger partial charge in [-0.2, -0.15) is 10.2 Å². The molecule has 3 aromatic rings. The highest BCUT2D eigenvalue weighted by molar-refractivity contribution is 6.30. The van der Waals surface area contributed by atoms with Crippen molar-refractivity contribution in [2.45, 2.75) is 0 Å². The Bertz CT molecular complexity index is 1050. The summed E-state index contributed by atoms with van der Waals surface area (Å²) in [5.74, 6) is 0. The zero-order valence-corrected chi connectivity index (χ0v) is 15.1. The lowest BCUT2D eigenvalue weighted by molar-refractivity contribution is 0.868. The second kappa shape index (κ2) is 6.78. The molecule has 0 radical (unpaired) electrons. The molecule has 5 nitrogen and oxygen atoms in total. The molecular weight excluding hydrogens is 369 g/mol. The lowest BCUT2D eigenvalue weighted by Gasteiger charge is -2.21. The van der Waals surface area contributed by atoms with Gasteiger partial charge in [0.15, 0.2) is 0 Å². The van der Waals surface area contributed by atoms with Gasteiger partial charge < -0.3 is 0 Å². The Morgan fingerprint density at radius 1 is 0.962 bits per heavy atom. The van der Waals surface area contributed by atoms with Crippen molar-refractivity contribution in [2.75, 3.05) is 5.01 Å². The predicted molar refractivity (Wildman–Crippen MR) is 105 cm³/mol. The summed E-state index contributed by atoms with van der Waals surface area (Å²) in [4.78, 5) is 4.00. The lowest BCUT2D eigenvalue weighted by atomic mass is 10.1. The summed E-state index contributed by atoms with van der Waals surface area (Å²) in [6.07, 6.45) is 7.09. The van der Waals surface area contributed by atoms with Crippen LogP contribution < -0.4 is 5.01 Å². The Morgan fingerprint density at radius 3 is 2.65 bits per heavy atom. The van der Waals surface area contributed by atoms with Crippen LogP contribution in [0.25, 0.3) is 5.69 Å². The first-order chi connectivity index (χ1) is 12.6. The van der Waals surface area contributed by atoms with Gasteiger partial charge in [0, 0.05) is 23.5 Å². The maximum absolute atomic E-state index is 6.12. The van der Waals surface area contributed by atoms with Crippen LogP contribution in [0.3, 0.4) is 0 Å². The summed E-state index contributed by atoms with van der Waals surface area (Å²) in [6.45, 7) is 4.10. The fraction of sp³-hybridized carbons (Fsp3) is 0. The van der Waals surface area contributed by atoms with Crippen molar-refractivity contribution in [1.82, 2.24) is 14.8 Å². The molecule has 128 valence electrons. The second-order valence-electron chi connectivity index (χ2n) is 5.58. The van der Waals surface area contributed by atoms with Gasteiger partial charge in [-0.1, -0.05) is 35.8 Å². The van der Waals surface area contributed by atoms with Crippen LogP contribution in [-0.2, 0) is 0 Å². The van der Waals surface area contributed by atoms with Gasteiger partial charge in [0.2, 0.25) is 0 Å². The van der Waals surface area contributed by atoms with Crippen molar-refractivity contribution in [1.29, 1.82) is 0 Å². The van der Waals surface area contributed by atoms with Crippen LogP contribution >= 0.6 is 23.2 Å². The number of pyridine rings is 1. The van der Waals surface area contributed by atoms with Crippen molar-refractivity contribution >= 4 is 34.6 Å². The zero-order valence-electron chi connectivity index (χ0n) is 13.5. The number of rotatable bonds is 3. The molecule has 0 aliphatic carbocycles. The highest BCUT2D eigenvalue weighted by Gasteiger charge is 2.19. The molecule has 1 aromatic carbocycles. The molecule has 0 saturated carbocycles. The first kappa shape index (κ1) is 16.6. The van der Waals surface area contributed by atoms with E-state index < -0.39 is 0 Å². The van der Waals surface area contributed by atoms with Gasteiger partial charge in [0.1, 0.15) is 10.9 Å². The van der Waals surface area contributed by atoms with E-state index in [1.54, 1.807) is 28.2 Å². The standard InChI is InChI=1S/C19H13Cl2N5/c1-13-7-10-25(15-5-8-22-18(21)12-15)24-19(13)17-6-9-23-26(17)16-4-2-3-14(20)11-16/h2-12H,1H2. The predicted octanol–water partition coefficient (Wildman–Crippen LogP) is 4.87. The van der Waals surface area contributed by atoms with Gasteiger partial charge in [0.25, 0.3) is 0 Å². The van der Waals surface area contributed by atoms with Gasteiger partial charge in [-0.15, -0.1) is 0 Å². The van der Waals surface area contributed by atoms with E-state index in [1.165, 1.54) is 0 Å². The minimum Gasteiger partial charge on any atom is -0.244 e. The summed E-state index contributed by atoms with van der Waals surface area (Å²) in [7, 11) is 0. The fourth-order valence-corrected chi connectivity index (χ4v) is 2.99. The van der Waals surface area contributed by atoms with Gasteiger partial charge >= 0.3 is 0 Å². The van der Waals surface area contributed by atoms with Crippen LogP contribution in [0.2, 0.25) is 10.2 Å². The molecule has 0 atom stereocenters. The summed E-state index contributed by atoms with van der Waals surface area (Å²) >= 11 is 12.1. The number of anilines is 1. The van der Waals surface area contributed by atoms with E-state index in [0.717, 1.165) is 22.6 Å². The van der Waals surface area contributed by atoms with E-state index in [4.69, 9.17) is 28.3 Å². The molecule has 0 bridgehead atoms. The topological polar surface area (TPSA) is 46.3 Å². The van der Waals surface area contributed by atoms with Crippen molar-refractivity contribution in [3.63, 3.8) is 0 Å². The van der Waals surface area contributed by atoms with Gasteiger partial charge in [0.05, 0.1) is 23.3 Å². The van der Waals surface area contributed by atoms with E-state index in [2.05, 4.69) is 16.7 Å². The van der Waals surface area contributed by atoms with Crippen molar-refractivity contribution in [3.8, 4) is 5.69 Å². The average molecular weight is 382 g/mol. The quantitative estimate of drug-likeness (QED) is 0.608. The summed E-state index contributed by atoms with van der Waals surface area (Å²) in [5.41, 5.74) is 3.95. The number of halogens is 2. The van der Waals surface area contributed by atoms with Crippen LogP contribution in [0.1, 0.15) is 5.69 Å². The maximum atomic E-state index is 6.12. The number of hydrogen-bond acceptors (Lipinski definition) is 4. The van der Waals surface area contributed by atoms with E-state index >= 15 is 0 Å².